The van der Waals surface area contributed by atoms with Crippen LogP contribution in [0.15, 0.2) is 18.2 Å². The van der Waals surface area contributed by atoms with Gasteiger partial charge in [0.05, 0.1) is 21.3 Å². The molecule has 1 heterocycles. The summed E-state index contributed by atoms with van der Waals surface area (Å²) in [6.07, 6.45) is -1.15. The van der Waals surface area contributed by atoms with Gasteiger partial charge in [-0.05, 0) is 40.2 Å². The minimum absolute atomic E-state index is 0.221. The summed E-state index contributed by atoms with van der Waals surface area (Å²) in [7, 11) is -1.77. The van der Waals surface area contributed by atoms with Gasteiger partial charge in [0.2, 0.25) is 0 Å². The molecule has 1 aromatic carbocycles. The van der Waals surface area contributed by atoms with Gasteiger partial charge in [0.1, 0.15) is 0 Å². The topological polar surface area (TPSA) is 81.7 Å². The van der Waals surface area contributed by atoms with Crippen molar-refractivity contribution in [3.05, 3.63) is 35.4 Å². The van der Waals surface area contributed by atoms with Crippen LogP contribution < -0.4 is 4.72 Å². The first-order valence-electron chi connectivity index (χ1n) is 9.32. The molecule has 1 unspecified atom stereocenters. The van der Waals surface area contributed by atoms with Crippen molar-refractivity contribution in [1.29, 1.82) is 0 Å². The largest absolute Gasteiger partial charge is 0.420 e. The van der Waals surface area contributed by atoms with E-state index in [1.165, 1.54) is 32.9 Å². The van der Waals surface area contributed by atoms with E-state index in [0.29, 0.717) is 0 Å². The Kier molecular flexibility index (Phi) is 6.45. The summed E-state index contributed by atoms with van der Waals surface area (Å²) in [4.78, 5) is 24.4. The van der Waals surface area contributed by atoms with E-state index in [1.807, 2.05) is 0 Å². The van der Waals surface area contributed by atoms with Crippen molar-refractivity contribution in [3.63, 3.8) is 0 Å². The zero-order valence-corrected chi connectivity index (χ0v) is 18.5. The summed E-state index contributed by atoms with van der Waals surface area (Å²) in [5.74, 6) is -6.82. The number of ether oxygens (including phenoxy) is 2. The fourth-order valence-electron chi connectivity index (χ4n) is 2.87. The summed E-state index contributed by atoms with van der Waals surface area (Å²) in [5, 5.41) is 0. The van der Waals surface area contributed by atoms with Crippen LogP contribution in [0.1, 0.15) is 59.9 Å². The molecule has 168 valence electrons. The van der Waals surface area contributed by atoms with Gasteiger partial charge >= 0.3 is 17.6 Å². The van der Waals surface area contributed by atoms with Crippen molar-refractivity contribution < 1.29 is 36.4 Å². The molecule has 1 aromatic rings. The lowest BCUT2D eigenvalue weighted by Gasteiger charge is -2.38. The summed E-state index contributed by atoms with van der Waals surface area (Å²) >= 11 is 0. The van der Waals surface area contributed by atoms with Crippen LogP contribution in [0.4, 0.5) is 13.2 Å². The molecule has 0 spiro atoms. The predicted molar refractivity (Wildman–Crippen MR) is 104 cm³/mol. The van der Waals surface area contributed by atoms with Gasteiger partial charge in [-0.1, -0.05) is 12.1 Å². The quantitative estimate of drug-likeness (QED) is 0.531. The highest BCUT2D eigenvalue weighted by Gasteiger charge is 2.58. The molecule has 1 fully saturated rings. The summed E-state index contributed by atoms with van der Waals surface area (Å²) in [6, 6.07) is 3.43. The van der Waals surface area contributed by atoms with Crippen LogP contribution in [0.2, 0.25) is 0 Å². The standard InChI is InChI=1S/C20H26F3NO5S/c1-17(2,3)30(27)24-19(6,12-8-7-9-13(21)14(12)22)10-11-20(23)15(25)28-18(4,5)29-16(20)26/h7-9,24H,10-11H2,1-6H3/t19-,30?/m0/s1. The van der Waals surface area contributed by atoms with E-state index in [2.05, 4.69) is 4.72 Å². The Hall–Kier alpha value is -1.94. The Balaban J connectivity index is 2.41. The Morgan fingerprint density at radius 2 is 1.60 bits per heavy atom. The van der Waals surface area contributed by atoms with Crippen molar-refractivity contribution in [1.82, 2.24) is 4.72 Å². The molecule has 1 N–H and O–H groups in total. The fraction of sp³-hybridized carbons (Fsp3) is 0.600. The van der Waals surface area contributed by atoms with Crippen LogP contribution in [0.5, 0.6) is 0 Å². The smallest absolute Gasteiger partial charge is 0.359 e. The third-order valence-electron chi connectivity index (χ3n) is 4.71. The zero-order chi connectivity index (χ0) is 23.1. The van der Waals surface area contributed by atoms with Gasteiger partial charge < -0.3 is 9.47 Å². The summed E-state index contributed by atoms with van der Waals surface area (Å²) in [6.45, 7) is 8.93. The summed E-state index contributed by atoms with van der Waals surface area (Å²) < 4.78 is 68.0. The van der Waals surface area contributed by atoms with E-state index < -0.39 is 69.1 Å². The number of carbonyl (C=O) groups is 2. The predicted octanol–water partition coefficient (Wildman–Crippen LogP) is 3.56. The average Bonchev–Trinajstić information content (AvgIpc) is 2.59. The van der Waals surface area contributed by atoms with Crippen LogP contribution in [0.3, 0.4) is 0 Å². The maximum Gasteiger partial charge on any atom is 0.359 e. The van der Waals surface area contributed by atoms with Gasteiger partial charge in [0.25, 0.3) is 5.79 Å². The van der Waals surface area contributed by atoms with Crippen molar-refractivity contribution in [2.24, 2.45) is 0 Å². The maximum atomic E-state index is 15.3. The highest BCUT2D eigenvalue weighted by Crippen LogP contribution is 2.38. The highest BCUT2D eigenvalue weighted by molar-refractivity contribution is 7.84. The van der Waals surface area contributed by atoms with E-state index in [4.69, 9.17) is 9.47 Å². The number of hydrogen-bond donors (Lipinski definition) is 1. The van der Waals surface area contributed by atoms with E-state index in [9.17, 15) is 22.6 Å². The Labute approximate surface area is 176 Å². The fourth-order valence-corrected chi connectivity index (χ4v) is 3.79. The second kappa shape index (κ2) is 7.96. The average molecular weight is 449 g/mol. The molecule has 0 aromatic heterocycles. The molecular weight excluding hydrogens is 423 g/mol. The van der Waals surface area contributed by atoms with E-state index >= 15 is 4.39 Å². The van der Waals surface area contributed by atoms with Crippen LogP contribution in [-0.2, 0) is 35.6 Å². The van der Waals surface area contributed by atoms with Crippen LogP contribution in [-0.4, -0.2) is 32.4 Å². The molecule has 6 nitrogen and oxygen atoms in total. The van der Waals surface area contributed by atoms with Crippen LogP contribution in [0.25, 0.3) is 0 Å². The molecule has 2 rings (SSSR count). The van der Waals surface area contributed by atoms with Gasteiger partial charge in [-0.15, -0.1) is 0 Å². The van der Waals surface area contributed by atoms with Gasteiger partial charge in [0.15, 0.2) is 11.6 Å². The molecule has 0 amide bonds. The monoisotopic (exact) mass is 449 g/mol. The highest BCUT2D eigenvalue weighted by atomic mass is 32.2. The van der Waals surface area contributed by atoms with Crippen molar-refractivity contribution in [2.75, 3.05) is 0 Å². The third kappa shape index (κ3) is 4.85. The second-order valence-corrected chi connectivity index (χ2v) is 10.9. The second-order valence-electron chi connectivity index (χ2n) is 8.90. The molecule has 0 aliphatic carbocycles. The molecule has 0 saturated carbocycles. The van der Waals surface area contributed by atoms with E-state index in [1.54, 1.807) is 20.8 Å². The minimum atomic E-state index is -3.13. The molecule has 10 heteroatoms. The number of rotatable bonds is 6. The lowest BCUT2D eigenvalue weighted by Crippen LogP contribution is -2.57. The van der Waals surface area contributed by atoms with Crippen molar-refractivity contribution >= 4 is 22.9 Å². The maximum absolute atomic E-state index is 15.3. The van der Waals surface area contributed by atoms with Crippen molar-refractivity contribution in [2.45, 2.75) is 76.1 Å². The van der Waals surface area contributed by atoms with Gasteiger partial charge in [0, 0.05) is 25.8 Å². The number of alkyl halides is 1. The Morgan fingerprint density at radius 1 is 1.07 bits per heavy atom. The van der Waals surface area contributed by atoms with Gasteiger partial charge in [-0.2, -0.15) is 0 Å². The molecule has 1 saturated heterocycles. The van der Waals surface area contributed by atoms with Gasteiger partial charge in [-0.25, -0.2) is 31.7 Å². The minimum Gasteiger partial charge on any atom is -0.420 e. The first kappa shape index (κ1) is 24.3. The number of hydrogen-bond acceptors (Lipinski definition) is 5. The number of carbonyl (C=O) groups excluding carboxylic acids is 2. The third-order valence-corrected chi connectivity index (χ3v) is 6.46. The molecule has 0 radical (unpaired) electrons. The van der Waals surface area contributed by atoms with Gasteiger partial charge in [-0.3, -0.25) is 0 Å². The molecule has 1 aliphatic rings. The molecule has 0 bridgehead atoms. The molecule has 1 aliphatic heterocycles. The Bertz CT molecular complexity index is 864. The number of esters is 2. The molecule has 30 heavy (non-hydrogen) atoms. The van der Waals surface area contributed by atoms with E-state index in [0.717, 1.165) is 6.07 Å². The number of cyclic esters (lactones) is 2. The molecular formula is C20H26F3NO5S. The normalized spacial score (nSPS) is 21.4. The molecule has 2 atom stereocenters. The number of benzene rings is 1. The van der Waals surface area contributed by atoms with Crippen LogP contribution in [0, 0.1) is 11.6 Å². The first-order valence-corrected chi connectivity index (χ1v) is 10.5. The van der Waals surface area contributed by atoms with E-state index in [-0.39, 0.29) is 5.56 Å². The zero-order valence-electron chi connectivity index (χ0n) is 17.7. The lowest BCUT2D eigenvalue weighted by molar-refractivity contribution is -0.253. The summed E-state index contributed by atoms with van der Waals surface area (Å²) in [5.41, 5.74) is -4.94. The first-order chi connectivity index (χ1) is 13.5. The van der Waals surface area contributed by atoms with Crippen LogP contribution >= 0.6 is 0 Å². The lowest BCUT2D eigenvalue weighted by atomic mass is 9.84. The Morgan fingerprint density at radius 3 is 2.10 bits per heavy atom. The SMILES string of the molecule is CC1(C)OC(=O)C(F)(CC[C@](C)(NS(=O)C(C)(C)C)c2cccc(F)c2F)C(=O)O1. The number of halogens is 3. The van der Waals surface area contributed by atoms with Crippen molar-refractivity contribution in [3.8, 4) is 0 Å². The number of nitrogens with one attached hydrogen (secondary N) is 1.